The Hall–Kier alpha value is -2.31. The molecule has 180 valence electrons. The van der Waals surface area contributed by atoms with Crippen LogP contribution in [-0.4, -0.2) is 3.21 Å². The van der Waals surface area contributed by atoms with Crippen molar-refractivity contribution in [3.05, 3.63) is 155 Å². The Bertz CT molecular complexity index is 1220. The molecule has 0 atom stereocenters. The molecule has 0 radical (unpaired) electrons. The third-order valence-electron chi connectivity index (χ3n) is 6.11. The first-order valence-corrected chi connectivity index (χ1v) is 12.9. The predicted octanol–water partition coefficient (Wildman–Crippen LogP) is 1.95. The average molecular weight is 587 g/mol. The van der Waals surface area contributed by atoms with E-state index in [9.17, 15) is 0 Å². The Morgan fingerprint density at radius 1 is 0.694 bits per heavy atom. The summed E-state index contributed by atoms with van der Waals surface area (Å²) in [5, 5.41) is 0. The van der Waals surface area contributed by atoms with Crippen LogP contribution < -0.4 is 24.8 Å². The number of hydrogen-bond donors (Lipinski definition) is 0. The summed E-state index contributed by atoms with van der Waals surface area (Å²) in [5.74, 6) is 0. The minimum absolute atomic E-state index is 0. The van der Waals surface area contributed by atoms with Gasteiger partial charge < -0.3 is 24.8 Å². The molecule has 4 aromatic rings. The van der Waals surface area contributed by atoms with E-state index in [-0.39, 0.29) is 24.8 Å². The largest absolute Gasteiger partial charge is 0.179 e. The van der Waals surface area contributed by atoms with Gasteiger partial charge in [0.2, 0.25) is 0 Å². The number of hydrogen-bond acceptors (Lipinski definition) is 0. The molecule has 3 heteroatoms. The molecule has 2 aliphatic rings. The molecule has 36 heavy (non-hydrogen) atoms. The second kappa shape index (κ2) is 15.1. The molecule has 0 amide bonds. The van der Waals surface area contributed by atoms with E-state index in [1.807, 2.05) is 6.07 Å². The third kappa shape index (κ3) is 7.84. The molecular formula is C33H28Cl2Zr-2. The van der Waals surface area contributed by atoms with Crippen molar-refractivity contribution in [1.82, 2.24) is 0 Å². The molecule has 0 spiro atoms. The van der Waals surface area contributed by atoms with E-state index in [0.717, 1.165) is 12.8 Å². The van der Waals surface area contributed by atoms with Crippen LogP contribution in [0.1, 0.15) is 42.5 Å². The second-order valence-corrected chi connectivity index (χ2v) is 9.63. The quantitative estimate of drug-likeness (QED) is 0.278. The summed E-state index contributed by atoms with van der Waals surface area (Å²) in [6.07, 6.45) is 7.46. The summed E-state index contributed by atoms with van der Waals surface area (Å²) in [7, 11) is 0. The molecule has 0 N–H and O–H groups in total. The van der Waals surface area contributed by atoms with Crippen LogP contribution in [0.3, 0.4) is 0 Å². The molecule has 0 aliphatic heterocycles. The van der Waals surface area contributed by atoms with Crippen molar-refractivity contribution in [3.8, 4) is 11.1 Å². The van der Waals surface area contributed by atoms with Crippen LogP contribution >= 0.6 is 0 Å². The van der Waals surface area contributed by atoms with Crippen molar-refractivity contribution < 1.29 is 49.0 Å². The van der Waals surface area contributed by atoms with Crippen LogP contribution in [0.15, 0.2) is 120 Å². The Labute approximate surface area is 243 Å². The van der Waals surface area contributed by atoms with E-state index in [4.69, 9.17) is 0 Å². The third-order valence-corrected chi connectivity index (χ3v) is 7.53. The predicted molar refractivity (Wildman–Crippen MR) is 140 cm³/mol. The van der Waals surface area contributed by atoms with Gasteiger partial charge in [-0.1, -0.05) is 42.3 Å². The number of halogens is 2. The van der Waals surface area contributed by atoms with E-state index in [2.05, 4.69) is 129 Å². The van der Waals surface area contributed by atoms with Gasteiger partial charge in [0, 0.05) is 0 Å². The fourth-order valence-electron chi connectivity index (χ4n) is 4.02. The molecule has 0 heterocycles. The van der Waals surface area contributed by atoms with Crippen LogP contribution in [0.5, 0.6) is 0 Å². The van der Waals surface area contributed by atoms with Gasteiger partial charge in [0.1, 0.15) is 0 Å². The maximum Gasteiger partial charge on any atom is -0.0253 e. The summed E-state index contributed by atoms with van der Waals surface area (Å²) in [6.45, 7) is 4.22. The molecule has 0 fully saturated rings. The Morgan fingerprint density at radius 2 is 1.25 bits per heavy atom. The number of fused-ring (bicyclic) bond motifs is 3. The molecule has 2 aliphatic carbocycles. The topological polar surface area (TPSA) is 0 Å². The van der Waals surface area contributed by atoms with Gasteiger partial charge in [-0.15, -0.1) is 18.9 Å². The van der Waals surface area contributed by atoms with Gasteiger partial charge in [0.05, 0.1) is 0 Å². The molecule has 0 saturated heterocycles. The summed E-state index contributed by atoms with van der Waals surface area (Å²) in [6, 6.07) is 39.2. The van der Waals surface area contributed by atoms with Crippen LogP contribution in [-0.2, 0) is 30.7 Å². The van der Waals surface area contributed by atoms with Crippen molar-refractivity contribution >= 4 is 3.21 Å². The first-order chi connectivity index (χ1) is 16.6. The van der Waals surface area contributed by atoms with Crippen molar-refractivity contribution in [2.75, 3.05) is 0 Å². The van der Waals surface area contributed by atoms with Crippen LogP contribution in [0.4, 0.5) is 0 Å². The first kappa shape index (κ1) is 29.9. The molecule has 6 rings (SSSR count). The summed E-state index contributed by atoms with van der Waals surface area (Å²) < 4.78 is 1.42. The minimum Gasteiger partial charge on any atom is -0.179 e. The van der Waals surface area contributed by atoms with Gasteiger partial charge in [-0.25, -0.2) is 11.1 Å². The van der Waals surface area contributed by atoms with E-state index in [1.165, 1.54) is 72.0 Å². The van der Waals surface area contributed by atoms with Gasteiger partial charge in [-0.2, -0.15) is 35.9 Å². The van der Waals surface area contributed by atoms with Gasteiger partial charge in [0.15, 0.2) is 0 Å². The SMILES string of the molecule is CC1=[C-]CC=C1C.[Cl-].[Cl-].[Zr+2]=[C](c1ccccc1)c1ccccc1.[c-]1cccc2c1Cc1ccccc1-2. The molecule has 4 aromatic carbocycles. The maximum atomic E-state index is 3.30. The van der Waals surface area contributed by atoms with Gasteiger partial charge in [0.25, 0.3) is 0 Å². The number of rotatable bonds is 2. The smallest absolute Gasteiger partial charge is 0.0253 e. The zero-order valence-corrected chi connectivity index (χ0v) is 24.5. The molecule has 0 bridgehead atoms. The Morgan fingerprint density at radius 3 is 1.78 bits per heavy atom. The van der Waals surface area contributed by atoms with E-state index >= 15 is 0 Å². The van der Waals surface area contributed by atoms with Crippen LogP contribution in [0, 0.1) is 12.1 Å². The zero-order chi connectivity index (χ0) is 23.8. The number of allylic oxidation sites excluding steroid dienone is 4. The number of benzene rings is 4. The fraction of sp³-hybridized carbons (Fsp3) is 0.121. The van der Waals surface area contributed by atoms with E-state index in [1.54, 1.807) is 0 Å². The Kier molecular flexibility index (Phi) is 12.5. The van der Waals surface area contributed by atoms with Crippen LogP contribution in [0.2, 0.25) is 0 Å². The Balaban J connectivity index is 0.000000194. The maximum absolute atomic E-state index is 3.30. The van der Waals surface area contributed by atoms with Crippen molar-refractivity contribution in [3.63, 3.8) is 0 Å². The zero-order valence-electron chi connectivity index (χ0n) is 20.6. The first-order valence-electron chi connectivity index (χ1n) is 11.7. The molecule has 0 nitrogen and oxygen atoms in total. The van der Waals surface area contributed by atoms with Gasteiger partial charge in [-0.3, -0.25) is 6.08 Å². The summed E-state index contributed by atoms with van der Waals surface area (Å²) in [4.78, 5) is 0. The standard InChI is InChI=1S/C13H9.C13H10.C7H9.2ClH.Zr/c1-3-7-12-10(5-1)9-11-6-2-4-8-13(11)12;1-3-7-12(8-4-1)11-13-9-5-2-6-10-13;1-6-4-3-5-7(6)2;;;/h1-5,7-8H,9H2;1-10H;4H,3H2,1-2H3;2*1H;/q-1;;-1;;;+2/p-2. The van der Waals surface area contributed by atoms with E-state index in [0.29, 0.717) is 0 Å². The van der Waals surface area contributed by atoms with Gasteiger partial charge in [-0.05, 0) is 6.42 Å². The van der Waals surface area contributed by atoms with Crippen molar-refractivity contribution in [1.29, 1.82) is 0 Å². The molecule has 0 unspecified atom stereocenters. The summed E-state index contributed by atoms with van der Waals surface area (Å²) >= 11 is 1.46. The normalized spacial score (nSPS) is 12.0. The fourth-order valence-corrected chi connectivity index (χ4v) is 4.84. The average Bonchev–Trinajstić information content (AvgIpc) is 3.47. The van der Waals surface area contributed by atoms with Crippen molar-refractivity contribution in [2.45, 2.75) is 26.7 Å². The molecule has 0 aromatic heterocycles. The monoisotopic (exact) mass is 584 g/mol. The second-order valence-electron chi connectivity index (χ2n) is 8.40. The molecular weight excluding hydrogens is 558 g/mol. The van der Waals surface area contributed by atoms with Crippen molar-refractivity contribution in [2.24, 2.45) is 0 Å². The minimum atomic E-state index is 0. The van der Waals surface area contributed by atoms with Crippen LogP contribution in [0.25, 0.3) is 11.1 Å². The molecule has 0 saturated carbocycles. The summed E-state index contributed by atoms with van der Waals surface area (Å²) in [5.41, 5.74) is 10.9. The van der Waals surface area contributed by atoms with Gasteiger partial charge >= 0.3 is 99.2 Å². The van der Waals surface area contributed by atoms with E-state index < -0.39 is 0 Å².